The fourth-order valence-corrected chi connectivity index (χ4v) is 2.96. The van der Waals surface area contributed by atoms with Crippen LogP contribution in [0.3, 0.4) is 0 Å². The average molecular weight is 271 g/mol. The third-order valence-corrected chi connectivity index (χ3v) is 3.93. The van der Waals surface area contributed by atoms with Crippen LogP contribution in [0.5, 0.6) is 0 Å². The molecule has 0 radical (unpaired) electrons. The summed E-state index contributed by atoms with van der Waals surface area (Å²) in [7, 11) is 0. The Labute approximate surface area is 120 Å². The zero-order chi connectivity index (χ0) is 13.5. The van der Waals surface area contributed by atoms with Gasteiger partial charge >= 0.3 is 0 Å². The molecule has 0 fully saturated rings. The van der Waals surface area contributed by atoms with E-state index in [1.807, 2.05) is 17.8 Å². The Morgan fingerprint density at radius 2 is 1.63 bits per heavy atom. The number of thioether (sulfide) groups is 1. The van der Waals surface area contributed by atoms with E-state index in [0.717, 1.165) is 18.1 Å². The van der Waals surface area contributed by atoms with Crippen LogP contribution in [-0.4, -0.2) is 12.3 Å². The van der Waals surface area contributed by atoms with Crippen LogP contribution in [0.2, 0.25) is 0 Å². The molecule has 0 spiro atoms. The van der Waals surface area contributed by atoms with Crippen molar-refractivity contribution in [3.05, 3.63) is 65.2 Å². The van der Waals surface area contributed by atoms with Crippen molar-refractivity contribution < 1.29 is 0 Å². The quantitative estimate of drug-likeness (QED) is 0.768. The minimum absolute atomic E-state index is 1.01. The van der Waals surface area contributed by atoms with E-state index in [1.54, 1.807) is 0 Å². The number of hydrogen-bond acceptors (Lipinski definition) is 2. The predicted octanol–water partition coefficient (Wildman–Crippen LogP) is 4.65. The SMILES string of the molecule is Cc1cc(C)cc(CSCCNc2ccccc2)c1. The van der Waals surface area contributed by atoms with Crippen molar-refractivity contribution in [3.63, 3.8) is 0 Å². The third kappa shape index (κ3) is 4.99. The molecule has 100 valence electrons. The van der Waals surface area contributed by atoms with Crippen molar-refractivity contribution in [3.8, 4) is 0 Å². The third-order valence-electron chi connectivity index (χ3n) is 2.90. The van der Waals surface area contributed by atoms with E-state index < -0.39 is 0 Å². The summed E-state index contributed by atoms with van der Waals surface area (Å²) in [4.78, 5) is 0. The van der Waals surface area contributed by atoms with Crippen LogP contribution < -0.4 is 5.32 Å². The number of rotatable bonds is 6. The van der Waals surface area contributed by atoms with Gasteiger partial charge in [0.1, 0.15) is 0 Å². The minimum atomic E-state index is 1.01. The van der Waals surface area contributed by atoms with Crippen molar-refractivity contribution in [2.24, 2.45) is 0 Å². The number of nitrogens with one attached hydrogen (secondary N) is 1. The Balaban J connectivity index is 1.69. The van der Waals surface area contributed by atoms with Crippen molar-refractivity contribution in [2.45, 2.75) is 19.6 Å². The molecule has 0 saturated carbocycles. The molecule has 2 aromatic carbocycles. The molecule has 0 atom stereocenters. The van der Waals surface area contributed by atoms with E-state index in [1.165, 1.54) is 22.4 Å². The van der Waals surface area contributed by atoms with Crippen molar-refractivity contribution in [2.75, 3.05) is 17.6 Å². The molecule has 0 aliphatic heterocycles. The van der Waals surface area contributed by atoms with Crippen LogP contribution in [0, 0.1) is 13.8 Å². The van der Waals surface area contributed by atoms with Gasteiger partial charge in [0.2, 0.25) is 0 Å². The first-order valence-electron chi connectivity index (χ1n) is 6.68. The molecular formula is C17H21NS. The van der Waals surface area contributed by atoms with Gasteiger partial charge in [-0.3, -0.25) is 0 Å². The van der Waals surface area contributed by atoms with Gasteiger partial charge in [-0.2, -0.15) is 11.8 Å². The van der Waals surface area contributed by atoms with E-state index in [-0.39, 0.29) is 0 Å². The Morgan fingerprint density at radius 1 is 0.947 bits per heavy atom. The maximum atomic E-state index is 3.43. The van der Waals surface area contributed by atoms with Crippen LogP contribution in [0.1, 0.15) is 16.7 Å². The molecule has 0 amide bonds. The first kappa shape index (κ1) is 14.0. The van der Waals surface area contributed by atoms with Gasteiger partial charge in [-0.05, 0) is 31.5 Å². The Morgan fingerprint density at radius 3 is 2.32 bits per heavy atom. The second-order valence-corrected chi connectivity index (χ2v) is 5.95. The van der Waals surface area contributed by atoms with E-state index in [2.05, 4.69) is 61.6 Å². The highest BCUT2D eigenvalue weighted by Gasteiger charge is 1.97. The number of benzene rings is 2. The largest absolute Gasteiger partial charge is 0.384 e. The molecule has 1 N–H and O–H groups in total. The number of aryl methyl sites for hydroxylation is 2. The molecule has 0 saturated heterocycles. The summed E-state index contributed by atoms with van der Waals surface area (Å²) in [6.45, 7) is 5.34. The van der Waals surface area contributed by atoms with E-state index in [4.69, 9.17) is 0 Å². The van der Waals surface area contributed by atoms with Gasteiger partial charge in [-0.25, -0.2) is 0 Å². The lowest BCUT2D eigenvalue weighted by molar-refractivity contribution is 1.22. The van der Waals surface area contributed by atoms with E-state index in [0.29, 0.717) is 0 Å². The van der Waals surface area contributed by atoms with Gasteiger partial charge in [0.25, 0.3) is 0 Å². The summed E-state index contributed by atoms with van der Waals surface area (Å²) in [5, 5.41) is 3.43. The van der Waals surface area contributed by atoms with Crippen molar-refractivity contribution >= 4 is 17.4 Å². The maximum Gasteiger partial charge on any atom is 0.0340 e. The van der Waals surface area contributed by atoms with Crippen LogP contribution in [0.25, 0.3) is 0 Å². The zero-order valence-electron chi connectivity index (χ0n) is 11.6. The molecule has 2 rings (SSSR count). The second kappa shape index (κ2) is 7.25. The van der Waals surface area contributed by atoms with Crippen molar-refractivity contribution in [1.82, 2.24) is 0 Å². The first-order chi connectivity index (χ1) is 9.24. The Bertz CT molecular complexity index is 488. The summed E-state index contributed by atoms with van der Waals surface area (Å²) >= 11 is 1.98. The van der Waals surface area contributed by atoms with Gasteiger partial charge in [0, 0.05) is 23.7 Å². The van der Waals surface area contributed by atoms with Gasteiger partial charge in [0.15, 0.2) is 0 Å². The topological polar surface area (TPSA) is 12.0 Å². The zero-order valence-corrected chi connectivity index (χ0v) is 12.5. The van der Waals surface area contributed by atoms with Crippen LogP contribution in [0.4, 0.5) is 5.69 Å². The van der Waals surface area contributed by atoms with Gasteiger partial charge in [-0.1, -0.05) is 47.5 Å². The summed E-state index contributed by atoms with van der Waals surface area (Å²) in [5.41, 5.74) is 5.35. The standard InChI is InChI=1S/C17H21NS/c1-14-10-15(2)12-16(11-14)13-19-9-8-18-17-6-4-3-5-7-17/h3-7,10-12,18H,8-9,13H2,1-2H3. The molecule has 2 heteroatoms. The minimum Gasteiger partial charge on any atom is -0.384 e. The van der Waals surface area contributed by atoms with Crippen LogP contribution in [-0.2, 0) is 5.75 Å². The number of hydrogen-bond donors (Lipinski definition) is 1. The molecule has 0 unspecified atom stereocenters. The summed E-state index contributed by atoms with van der Waals surface area (Å²) in [6.07, 6.45) is 0. The molecular weight excluding hydrogens is 250 g/mol. The highest BCUT2D eigenvalue weighted by molar-refractivity contribution is 7.98. The fraction of sp³-hybridized carbons (Fsp3) is 0.294. The predicted molar refractivity (Wildman–Crippen MR) is 87.0 cm³/mol. The lowest BCUT2D eigenvalue weighted by atomic mass is 10.1. The summed E-state index contributed by atoms with van der Waals surface area (Å²) in [6, 6.07) is 17.2. The Kier molecular flexibility index (Phi) is 5.34. The summed E-state index contributed by atoms with van der Waals surface area (Å²) in [5.74, 6) is 2.22. The lowest BCUT2D eigenvalue weighted by Crippen LogP contribution is -2.03. The highest BCUT2D eigenvalue weighted by atomic mass is 32.2. The number of para-hydroxylation sites is 1. The fourth-order valence-electron chi connectivity index (χ4n) is 2.17. The average Bonchev–Trinajstić information content (AvgIpc) is 2.38. The van der Waals surface area contributed by atoms with Gasteiger partial charge < -0.3 is 5.32 Å². The van der Waals surface area contributed by atoms with E-state index in [9.17, 15) is 0 Å². The molecule has 0 aromatic heterocycles. The monoisotopic (exact) mass is 271 g/mol. The first-order valence-corrected chi connectivity index (χ1v) is 7.83. The highest BCUT2D eigenvalue weighted by Crippen LogP contribution is 2.16. The second-order valence-electron chi connectivity index (χ2n) is 4.84. The molecule has 0 bridgehead atoms. The Hall–Kier alpha value is -1.41. The van der Waals surface area contributed by atoms with Gasteiger partial charge in [-0.15, -0.1) is 0 Å². The summed E-state index contributed by atoms with van der Waals surface area (Å²) < 4.78 is 0. The molecule has 0 aliphatic rings. The molecule has 1 nitrogen and oxygen atoms in total. The molecule has 19 heavy (non-hydrogen) atoms. The van der Waals surface area contributed by atoms with E-state index >= 15 is 0 Å². The molecule has 0 aliphatic carbocycles. The molecule has 2 aromatic rings. The van der Waals surface area contributed by atoms with Crippen molar-refractivity contribution in [1.29, 1.82) is 0 Å². The van der Waals surface area contributed by atoms with Gasteiger partial charge in [0.05, 0.1) is 0 Å². The normalized spacial score (nSPS) is 10.4. The van der Waals surface area contributed by atoms with Crippen LogP contribution in [0.15, 0.2) is 48.5 Å². The molecule has 0 heterocycles. The lowest BCUT2D eigenvalue weighted by Gasteiger charge is -2.07. The van der Waals surface area contributed by atoms with Crippen LogP contribution >= 0.6 is 11.8 Å². The maximum absolute atomic E-state index is 3.43. The smallest absolute Gasteiger partial charge is 0.0340 e. The number of anilines is 1.